The summed E-state index contributed by atoms with van der Waals surface area (Å²) in [4.78, 5) is 21.4. The van der Waals surface area contributed by atoms with Crippen molar-refractivity contribution in [3.05, 3.63) is 75.8 Å². The maximum absolute atomic E-state index is 13.6. The number of tetrazole rings is 1. The molecule has 6 rings (SSSR count). The molecule has 0 radical (unpaired) electrons. The highest BCUT2D eigenvalue weighted by Gasteiger charge is 2.35. The van der Waals surface area contributed by atoms with Gasteiger partial charge in [-0.15, -0.1) is 5.10 Å². The molecule has 1 atom stereocenters. The van der Waals surface area contributed by atoms with Gasteiger partial charge < -0.3 is 14.6 Å². The molecule has 2 fully saturated rings. The molecule has 9 heteroatoms. The van der Waals surface area contributed by atoms with Crippen LogP contribution in [0.4, 0.5) is 5.69 Å². The Morgan fingerprint density at radius 2 is 1.84 bits per heavy atom. The molecule has 1 aliphatic heterocycles. The molecule has 198 valence electrons. The number of ether oxygens (including phenoxy) is 1. The van der Waals surface area contributed by atoms with Crippen molar-refractivity contribution in [2.24, 2.45) is 0 Å². The van der Waals surface area contributed by atoms with Gasteiger partial charge in [-0.05, 0) is 71.0 Å². The van der Waals surface area contributed by atoms with E-state index in [0.717, 1.165) is 73.6 Å². The lowest BCUT2D eigenvalue weighted by molar-refractivity contribution is 0.196. The van der Waals surface area contributed by atoms with Gasteiger partial charge in [0.1, 0.15) is 11.8 Å². The zero-order valence-corrected chi connectivity index (χ0v) is 22.1. The van der Waals surface area contributed by atoms with Crippen LogP contribution in [0.25, 0.3) is 10.9 Å². The molecule has 0 unspecified atom stereocenters. The van der Waals surface area contributed by atoms with Crippen molar-refractivity contribution < 1.29 is 4.74 Å². The number of hydrogen-bond acceptors (Lipinski definition) is 7. The molecule has 9 nitrogen and oxygen atoms in total. The summed E-state index contributed by atoms with van der Waals surface area (Å²) in [7, 11) is 1.71. The van der Waals surface area contributed by atoms with E-state index in [1.165, 1.54) is 18.4 Å². The van der Waals surface area contributed by atoms with Gasteiger partial charge in [-0.2, -0.15) is 0 Å². The molecule has 4 aromatic rings. The molecule has 38 heavy (non-hydrogen) atoms. The number of hydrogen-bond donors (Lipinski definition) is 1. The molecule has 1 N–H and O–H groups in total. The highest BCUT2D eigenvalue weighted by molar-refractivity contribution is 5.80. The van der Waals surface area contributed by atoms with Gasteiger partial charge in [0.15, 0.2) is 5.82 Å². The number of nitrogens with one attached hydrogen (secondary N) is 1. The molecule has 1 saturated heterocycles. The number of fused-ring (bicyclic) bond motifs is 1. The predicted octanol–water partition coefficient (Wildman–Crippen LogP) is 4.11. The van der Waals surface area contributed by atoms with Crippen LogP contribution < -0.4 is 15.2 Å². The minimum atomic E-state index is -0.330. The van der Waals surface area contributed by atoms with Crippen molar-refractivity contribution in [3.63, 3.8) is 0 Å². The molecule has 2 aromatic heterocycles. The average Bonchev–Trinajstić information content (AvgIpc) is 3.66. The van der Waals surface area contributed by atoms with Gasteiger partial charge in [0.25, 0.3) is 5.56 Å². The van der Waals surface area contributed by atoms with Crippen molar-refractivity contribution in [3.8, 4) is 5.75 Å². The number of aromatic nitrogens is 5. The van der Waals surface area contributed by atoms with Crippen LogP contribution >= 0.6 is 0 Å². The number of rotatable bonds is 7. The predicted molar refractivity (Wildman–Crippen MR) is 148 cm³/mol. The minimum Gasteiger partial charge on any atom is -0.495 e. The summed E-state index contributed by atoms with van der Waals surface area (Å²) in [6.07, 6.45) is 5.45. The summed E-state index contributed by atoms with van der Waals surface area (Å²) in [6.45, 7) is 5.31. The van der Waals surface area contributed by atoms with Crippen LogP contribution in [-0.4, -0.2) is 63.4 Å². The lowest BCUT2D eigenvalue weighted by Crippen LogP contribution is -2.49. The standard InChI is InChI=1S/C29H35N7O2/c1-3-20-12-13-24-21(18-20)19-23(29(37)30-24)27(28-31-32-33-36(28)22-8-4-5-9-22)35-16-14-34(15-17-35)25-10-6-7-11-26(25)38-2/h6-7,10-13,18-19,22,27H,3-5,8-9,14-17H2,1-2H3,(H,30,37)/t27-/m1/s1. The SMILES string of the molecule is CCc1ccc2[nH]c(=O)c([C@H](c3nnnn3C3CCCC3)N3CCN(c4ccccc4OC)CC3)cc2c1. The Labute approximate surface area is 222 Å². The molecule has 3 heterocycles. The Hall–Kier alpha value is -3.72. The van der Waals surface area contributed by atoms with E-state index in [2.05, 4.69) is 61.5 Å². The smallest absolute Gasteiger partial charge is 0.253 e. The first kappa shape index (κ1) is 24.6. The quantitative estimate of drug-likeness (QED) is 0.398. The maximum atomic E-state index is 13.6. The fourth-order valence-corrected chi connectivity index (χ4v) is 6.10. The number of aromatic amines is 1. The first-order chi connectivity index (χ1) is 18.7. The summed E-state index contributed by atoms with van der Waals surface area (Å²) < 4.78 is 7.62. The van der Waals surface area contributed by atoms with Crippen molar-refractivity contribution in [2.45, 2.75) is 51.1 Å². The van der Waals surface area contributed by atoms with Gasteiger partial charge in [-0.25, -0.2) is 4.68 Å². The van der Waals surface area contributed by atoms with Gasteiger partial charge in [0.2, 0.25) is 0 Å². The summed E-state index contributed by atoms with van der Waals surface area (Å²) >= 11 is 0. The third-order valence-corrected chi connectivity index (χ3v) is 8.18. The highest BCUT2D eigenvalue weighted by atomic mass is 16.5. The molecule has 1 saturated carbocycles. The number of benzene rings is 2. The summed E-state index contributed by atoms with van der Waals surface area (Å²) in [5, 5.41) is 14.1. The summed E-state index contributed by atoms with van der Waals surface area (Å²) in [6, 6.07) is 16.4. The van der Waals surface area contributed by atoms with Crippen LogP contribution in [-0.2, 0) is 6.42 Å². The lowest BCUT2D eigenvalue weighted by atomic mass is 10.0. The van der Waals surface area contributed by atoms with E-state index in [1.54, 1.807) is 7.11 Å². The second-order valence-electron chi connectivity index (χ2n) is 10.3. The van der Waals surface area contributed by atoms with Gasteiger partial charge in [-0.1, -0.05) is 38.0 Å². The van der Waals surface area contributed by atoms with Crippen LogP contribution in [0.3, 0.4) is 0 Å². The summed E-state index contributed by atoms with van der Waals surface area (Å²) in [5.74, 6) is 1.64. The van der Waals surface area contributed by atoms with Crippen LogP contribution in [0.1, 0.15) is 61.6 Å². The number of methoxy groups -OCH3 is 1. The molecule has 0 bridgehead atoms. The van der Waals surface area contributed by atoms with Gasteiger partial charge >= 0.3 is 0 Å². The first-order valence-corrected chi connectivity index (χ1v) is 13.7. The number of piperazine rings is 1. The molecular weight excluding hydrogens is 478 g/mol. The molecule has 1 aliphatic carbocycles. The van der Waals surface area contributed by atoms with E-state index >= 15 is 0 Å². The molecule has 0 amide bonds. The van der Waals surface area contributed by atoms with E-state index in [1.807, 2.05) is 28.9 Å². The average molecular weight is 514 g/mol. The largest absolute Gasteiger partial charge is 0.495 e. The van der Waals surface area contributed by atoms with Crippen molar-refractivity contribution in [1.29, 1.82) is 0 Å². The third-order valence-electron chi connectivity index (χ3n) is 8.18. The van der Waals surface area contributed by atoms with E-state index in [9.17, 15) is 4.79 Å². The minimum absolute atomic E-state index is 0.0834. The Morgan fingerprint density at radius 1 is 1.05 bits per heavy atom. The fraction of sp³-hybridized carbons (Fsp3) is 0.448. The number of aryl methyl sites for hydroxylation is 1. The molecule has 2 aliphatic rings. The zero-order valence-electron chi connectivity index (χ0n) is 22.1. The summed E-state index contributed by atoms with van der Waals surface area (Å²) in [5.41, 5.74) is 3.81. The van der Waals surface area contributed by atoms with Crippen LogP contribution in [0.2, 0.25) is 0 Å². The van der Waals surface area contributed by atoms with Crippen LogP contribution in [0.15, 0.2) is 53.3 Å². The number of H-pyrrole nitrogens is 1. The second-order valence-corrected chi connectivity index (χ2v) is 10.3. The van der Waals surface area contributed by atoms with Gasteiger partial charge in [0.05, 0.1) is 18.8 Å². The lowest BCUT2D eigenvalue weighted by Gasteiger charge is -2.40. The van der Waals surface area contributed by atoms with Crippen LogP contribution in [0.5, 0.6) is 5.75 Å². The van der Waals surface area contributed by atoms with E-state index in [-0.39, 0.29) is 17.6 Å². The Morgan fingerprint density at radius 3 is 2.61 bits per heavy atom. The number of nitrogens with zero attached hydrogens (tertiary/aromatic N) is 6. The van der Waals surface area contributed by atoms with Crippen molar-refractivity contribution >= 4 is 16.6 Å². The topological polar surface area (TPSA) is 92.2 Å². The monoisotopic (exact) mass is 513 g/mol. The van der Waals surface area contributed by atoms with Gasteiger partial charge in [-0.3, -0.25) is 9.69 Å². The Balaban J connectivity index is 1.39. The van der Waals surface area contributed by atoms with E-state index in [4.69, 9.17) is 4.74 Å². The van der Waals surface area contributed by atoms with Crippen molar-refractivity contribution in [1.82, 2.24) is 30.1 Å². The second kappa shape index (κ2) is 10.6. The van der Waals surface area contributed by atoms with Crippen molar-refractivity contribution in [2.75, 3.05) is 38.2 Å². The molecule has 0 spiro atoms. The first-order valence-electron chi connectivity index (χ1n) is 13.7. The molecular formula is C29H35N7O2. The third kappa shape index (κ3) is 4.55. The van der Waals surface area contributed by atoms with E-state index in [0.29, 0.717) is 5.56 Å². The Kier molecular flexibility index (Phi) is 6.84. The van der Waals surface area contributed by atoms with Crippen LogP contribution in [0, 0.1) is 0 Å². The highest BCUT2D eigenvalue weighted by Crippen LogP contribution is 2.35. The molecule has 2 aromatic carbocycles. The number of para-hydroxylation sites is 2. The normalized spacial score (nSPS) is 17.8. The van der Waals surface area contributed by atoms with Gasteiger partial charge in [0, 0.05) is 37.3 Å². The number of anilines is 1. The Bertz CT molecular complexity index is 1470. The van der Waals surface area contributed by atoms with E-state index < -0.39 is 0 Å². The fourth-order valence-electron chi connectivity index (χ4n) is 6.10. The zero-order chi connectivity index (χ0) is 26.1. The maximum Gasteiger partial charge on any atom is 0.253 e. The number of pyridine rings is 1.